The van der Waals surface area contributed by atoms with Crippen LogP contribution in [0.5, 0.6) is 5.75 Å². The average molecular weight is 495 g/mol. The minimum Gasteiger partial charge on any atom is -0.497 e. The number of amides is 3. The number of para-hydroxylation sites is 1. The van der Waals surface area contributed by atoms with E-state index in [2.05, 4.69) is 16.0 Å². The maximum Gasteiger partial charge on any atom is 0.338 e. The second-order valence-electron chi connectivity index (χ2n) is 8.49. The van der Waals surface area contributed by atoms with Gasteiger partial charge < -0.3 is 25.4 Å². The highest BCUT2D eigenvalue weighted by atomic mass is 16.5. The van der Waals surface area contributed by atoms with Crippen LogP contribution in [0.25, 0.3) is 0 Å². The number of ether oxygens (including phenoxy) is 2. The molecule has 0 aliphatic carbocycles. The molecule has 9 heteroatoms. The lowest BCUT2D eigenvalue weighted by atomic mass is 9.95. The van der Waals surface area contributed by atoms with Gasteiger partial charge in [0.25, 0.3) is 0 Å². The van der Waals surface area contributed by atoms with Gasteiger partial charge in [0.1, 0.15) is 5.75 Å². The van der Waals surface area contributed by atoms with Crippen molar-refractivity contribution in [3.05, 3.63) is 70.9 Å². The van der Waals surface area contributed by atoms with Gasteiger partial charge in [0.2, 0.25) is 5.91 Å². The third kappa shape index (κ3) is 6.85. The predicted octanol–water partition coefficient (Wildman–Crippen LogP) is 3.53. The van der Waals surface area contributed by atoms with E-state index in [0.717, 1.165) is 17.7 Å². The van der Waals surface area contributed by atoms with Crippen molar-refractivity contribution in [3.8, 4) is 5.75 Å². The van der Waals surface area contributed by atoms with Gasteiger partial charge >= 0.3 is 12.0 Å². The summed E-state index contributed by atoms with van der Waals surface area (Å²) in [6.45, 7) is 6.75. The van der Waals surface area contributed by atoms with Crippen LogP contribution < -0.4 is 20.7 Å². The Bertz CT molecular complexity index is 1110. The van der Waals surface area contributed by atoms with Crippen LogP contribution in [0.2, 0.25) is 0 Å². The van der Waals surface area contributed by atoms with Gasteiger partial charge in [-0.3, -0.25) is 9.69 Å². The monoisotopic (exact) mass is 494 g/mol. The zero-order valence-electron chi connectivity index (χ0n) is 21.2. The zero-order valence-corrected chi connectivity index (χ0v) is 21.2. The van der Waals surface area contributed by atoms with E-state index in [0.29, 0.717) is 29.1 Å². The maximum atomic E-state index is 13.1. The Labute approximate surface area is 211 Å². The Morgan fingerprint density at radius 1 is 1.08 bits per heavy atom. The van der Waals surface area contributed by atoms with E-state index in [9.17, 15) is 14.4 Å². The summed E-state index contributed by atoms with van der Waals surface area (Å²) in [5.41, 5.74) is 3.15. The number of rotatable bonds is 11. The minimum absolute atomic E-state index is 0.0955. The van der Waals surface area contributed by atoms with Crippen LogP contribution in [0.3, 0.4) is 0 Å². The molecule has 2 aromatic carbocycles. The molecular formula is C27H34N4O5. The van der Waals surface area contributed by atoms with Gasteiger partial charge in [-0.1, -0.05) is 37.3 Å². The summed E-state index contributed by atoms with van der Waals surface area (Å²) in [6.07, 6.45) is 0.785. The molecular weight excluding hydrogens is 460 g/mol. The topological polar surface area (TPSA) is 109 Å². The Morgan fingerprint density at radius 2 is 1.81 bits per heavy atom. The van der Waals surface area contributed by atoms with E-state index in [4.69, 9.17) is 9.47 Å². The number of esters is 1. The lowest BCUT2D eigenvalue weighted by Crippen LogP contribution is -2.49. The normalized spacial score (nSPS) is 15.2. The summed E-state index contributed by atoms with van der Waals surface area (Å²) in [4.78, 5) is 40.4. The Balaban J connectivity index is 1.90. The van der Waals surface area contributed by atoms with Gasteiger partial charge in [0, 0.05) is 17.9 Å². The molecule has 192 valence electrons. The number of hydrogen-bond acceptors (Lipinski definition) is 6. The largest absolute Gasteiger partial charge is 0.497 e. The van der Waals surface area contributed by atoms with Crippen LogP contribution in [-0.4, -0.2) is 56.2 Å². The van der Waals surface area contributed by atoms with Crippen molar-refractivity contribution >= 4 is 23.6 Å². The van der Waals surface area contributed by atoms with Crippen LogP contribution in [0.1, 0.15) is 37.4 Å². The van der Waals surface area contributed by atoms with Crippen LogP contribution in [0, 0.1) is 6.92 Å². The van der Waals surface area contributed by atoms with Gasteiger partial charge in [0.15, 0.2) is 0 Å². The summed E-state index contributed by atoms with van der Waals surface area (Å²) in [5, 5.41) is 8.55. The van der Waals surface area contributed by atoms with Gasteiger partial charge in [-0.15, -0.1) is 0 Å². The number of carbonyl (C=O) groups excluding carboxylic acids is 3. The van der Waals surface area contributed by atoms with Crippen molar-refractivity contribution in [2.24, 2.45) is 0 Å². The fraction of sp³-hybridized carbons (Fsp3) is 0.370. The van der Waals surface area contributed by atoms with Gasteiger partial charge in [-0.05, 0) is 56.1 Å². The number of benzene rings is 2. The molecule has 2 aromatic rings. The average Bonchev–Trinajstić information content (AvgIpc) is 2.85. The predicted molar refractivity (Wildman–Crippen MR) is 138 cm³/mol. The molecule has 9 nitrogen and oxygen atoms in total. The highest BCUT2D eigenvalue weighted by Gasteiger charge is 2.34. The number of urea groups is 1. The van der Waals surface area contributed by atoms with E-state index in [1.54, 1.807) is 38.3 Å². The zero-order chi connectivity index (χ0) is 26.1. The molecule has 1 heterocycles. The third-order valence-electron chi connectivity index (χ3n) is 5.81. The van der Waals surface area contributed by atoms with Crippen molar-refractivity contribution < 1.29 is 23.9 Å². The first-order valence-corrected chi connectivity index (χ1v) is 12.1. The van der Waals surface area contributed by atoms with E-state index in [-0.39, 0.29) is 25.6 Å². The maximum absolute atomic E-state index is 13.1. The van der Waals surface area contributed by atoms with Crippen LogP contribution in [0.4, 0.5) is 10.5 Å². The van der Waals surface area contributed by atoms with E-state index < -0.39 is 18.0 Å². The van der Waals surface area contributed by atoms with E-state index in [1.807, 2.05) is 43.0 Å². The third-order valence-corrected chi connectivity index (χ3v) is 5.81. The summed E-state index contributed by atoms with van der Waals surface area (Å²) in [6, 6.07) is 13.6. The number of carbonyl (C=O) groups is 3. The fourth-order valence-corrected chi connectivity index (χ4v) is 4.10. The van der Waals surface area contributed by atoms with Crippen molar-refractivity contribution in [1.29, 1.82) is 0 Å². The summed E-state index contributed by atoms with van der Waals surface area (Å²) < 4.78 is 10.6. The molecule has 0 aromatic heterocycles. The number of nitrogens with zero attached hydrogens (tertiary/aromatic N) is 1. The van der Waals surface area contributed by atoms with Crippen LogP contribution in [0.15, 0.2) is 59.8 Å². The molecule has 0 saturated heterocycles. The van der Waals surface area contributed by atoms with Crippen molar-refractivity contribution in [3.63, 3.8) is 0 Å². The molecule has 0 saturated carbocycles. The van der Waals surface area contributed by atoms with Crippen molar-refractivity contribution in [2.45, 2.75) is 33.2 Å². The summed E-state index contributed by atoms with van der Waals surface area (Å²) >= 11 is 0. The molecule has 1 aliphatic rings. The van der Waals surface area contributed by atoms with Crippen LogP contribution in [-0.2, 0) is 14.3 Å². The first kappa shape index (κ1) is 26.7. The first-order chi connectivity index (χ1) is 17.4. The van der Waals surface area contributed by atoms with Crippen molar-refractivity contribution in [2.75, 3.05) is 38.7 Å². The second-order valence-corrected chi connectivity index (χ2v) is 8.49. The van der Waals surface area contributed by atoms with E-state index >= 15 is 0 Å². The lowest BCUT2D eigenvalue weighted by molar-refractivity contribution is -0.139. The Kier molecular flexibility index (Phi) is 9.46. The SMILES string of the molecule is CCCN(CC(=O)Nc1ccccc1C)CC1=C(C(=O)OCC)C(c2ccc(OC)cc2)NC(=O)N1. The second kappa shape index (κ2) is 12.7. The van der Waals surface area contributed by atoms with Crippen molar-refractivity contribution in [1.82, 2.24) is 15.5 Å². The number of anilines is 1. The highest BCUT2D eigenvalue weighted by Crippen LogP contribution is 2.29. The molecule has 3 amide bonds. The quantitative estimate of drug-likeness (QED) is 0.413. The number of hydrogen-bond donors (Lipinski definition) is 3. The van der Waals surface area contributed by atoms with Gasteiger partial charge in [0.05, 0.1) is 31.9 Å². The van der Waals surface area contributed by atoms with E-state index in [1.165, 1.54) is 0 Å². The molecule has 1 atom stereocenters. The van der Waals surface area contributed by atoms with Gasteiger partial charge in [-0.25, -0.2) is 9.59 Å². The standard InChI is InChI=1S/C27H34N4O5/c1-5-15-31(17-23(32)28-21-10-8-7-9-18(21)3)16-22-24(26(33)36-6-2)25(30-27(34)29-22)19-11-13-20(35-4)14-12-19/h7-14,25H,5-6,15-17H2,1-4H3,(H,28,32)(H2,29,30,34). The molecule has 0 bridgehead atoms. The molecule has 3 N–H and O–H groups in total. The molecule has 0 spiro atoms. The summed E-state index contributed by atoms with van der Waals surface area (Å²) in [5.74, 6) is -0.0423. The fourth-order valence-electron chi connectivity index (χ4n) is 4.10. The molecule has 0 fully saturated rings. The lowest BCUT2D eigenvalue weighted by Gasteiger charge is -2.32. The van der Waals surface area contributed by atoms with Gasteiger partial charge in [-0.2, -0.15) is 0 Å². The first-order valence-electron chi connectivity index (χ1n) is 12.1. The smallest absolute Gasteiger partial charge is 0.338 e. The number of aryl methyl sites for hydroxylation is 1. The number of nitrogens with one attached hydrogen (secondary N) is 3. The number of methoxy groups -OCH3 is 1. The highest BCUT2D eigenvalue weighted by molar-refractivity contribution is 5.95. The summed E-state index contributed by atoms with van der Waals surface area (Å²) in [7, 11) is 1.57. The minimum atomic E-state index is -0.706. The molecule has 1 unspecified atom stereocenters. The Hall–Kier alpha value is -3.85. The molecule has 0 radical (unpaired) electrons. The van der Waals surface area contributed by atoms with Crippen LogP contribution >= 0.6 is 0 Å². The molecule has 3 rings (SSSR count). The Morgan fingerprint density at radius 3 is 2.44 bits per heavy atom. The molecule has 36 heavy (non-hydrogen) atoms. The molecule has 1 aliphatic heterocycles.